The first-order valence-corrected chi connectivity index (χ1v) is 11.1. The maximum atomic E-state index is 12.8. The maximum Gasteiger partial charge on any atom is 0.335 e. The number of methoxy groups -OCH3 is 2. The van der Waals surface area contributed by atoms with Crippen LogP contribution in [0.2, 0.25) is 5.02 Å². The summed E-state index contributed by atoms with van der Waals surface area (Å²) in [5, 5.41) is 17.1. The third-order valence-corrected chi connectivity index (χ3v) is 5.94. The summed E-state index contributed by atoms with van der Waals surface area (Å²) >= 11 is 6.05. The third kappa shape index (κ3) is 4.40. The maximum absolute atomic E-state index is 12.8. The Kier molecular flexibility index (Phi) is 6.65. The van der Waals surface area contributed by atoms with Crippen LogP contribution in [0.5, 0.6) is 17.4 Å². The molecule has 1 aliphatic heterocycles. The van der Waals surface area contributed by atoms with Crippen LogP contribution in [-0.4, -0.2) is 45.5 Å². The fourth-order valence-electron chi connectivity index (χ4n) is 4.04. The van der Waals surface area contributed by atoms with Gasteiger partial charge in [0.05, 0.1) is 31.7 Å². The Balaban J connectivity index is 1.87. The van der Waals surface area contributed by atoms with Gasteiger partial charge in [-0.1, -0.05) is 24.6 Å². The van der Waals surface area contributed by atoms with Gasteiger partial charge in [0.15, 0.2) is 0 Å². The van der Waals surface area contributed by atoms with Gasteiger partial charge in [-0.25, -0.2) is 14.4 Å². The number of H-pyrrole nitrogens is 1. The molecule has 2 aromatic carbocycles. The van der Waals surface area contributed by atoms with Crippen molar-refractivity contribution in [3.63, 3.8) is 0 Å². The second-order valence-corrected chi connectivity index (χ2v) is 8.18. The van der Waals surface area contributed by atoms with Gasteiger partial charge < -0.3 is 14.6 Å². The summed E-state index contributed by atoms with van der Waals surface area (Å²) in [6, 6.07) is 10.8. The molecule has 1 unspecified atom stereocenters. The van der Waals surface area contributed by atoms with Gasteiger partial charge >= 0.3 is 5.69 Å². The van der Waals surface area contributed by atoms with E-state index in [-0.39, 0.29) is 35.7 Å². The summed E-state index contributed by atoms with van der Waals surface area (Å²) in [6.45, 7) is 1.69. The summed E-state index contributed by atoms with van der Waals surface area (Å²) in [5.74, 6) is 0.146. The number of hydrogen-bond donors (Lipinski definition) is 2. The number of benzene rings is 2. The molecular formula is C24H23ClN4O6. The van der Waals surface area contributed by atoms with E-state index in [1.54, 1.807) is 43.3 Å². The summed E-state index contributed by atoms with van der Waals surface area (Å²) in [4.78, 5) is 40.4. The van der Waals surface area contributed by atoms with Crippen LogP contribution in [0.25, 0.3) is 5.69 Å². The Bertz CT molecular complexity index is 1440. The fourth-order valence-corrected chi connectivity index (χ4v) is 4.22. The number of carbonyl (C=O) groups excluding carboxylic acids is 1. The Morgan fingerprint density at radius 1 is 1.20 bits per heavy atom. The number of aromatic nitrogens is 2. The number of carbonyl (C=O) groups is 1. The first-order chi connectivity index (χ1) is 16.8. The second kappa shape index (κ2) is 9.67. The molecule has 3 aromatic rings. The van der Waals surface area contributed by atoms with Crippen molar-refractivity contribution in [3.8, 4) is 23.1 Å². The van der Waals surface area contributed by atoms with Crippen molar-refractivity contribution < 1.29 is 19.4 Å². The minimum absolute atomic E-state index is 0.0830. The molecule has 35 heavy (non-hydrogen) atoms. The molecule has 1 aromatic heterocycles. The van der Waals surface area contributed by atoms with Gasteiger partial charge in [-0.2, -0.15) is 5.10 Å². The van der Waals surface area contributed by atoms with Crippen molar-refractivity contribution in [2.75, 3.05) is 14.2 Å². The van der Waals surface area contributed by atoms with E-state index in [0.717, 1.165) is 4.57 Å². The van der Waals surface area contributed by atoms with E-state index >= 15 is 0 Å². The number of nitrogens with one attached hydrogen (secondary N) is 1. The van der Waals surface area contributed by atoms with Crippen molar-refractivity contribution in [1.29, 1.82) is 0 Å². The van der Waals surface area contributed by atoms with Crippen LogP contribution < -0.4 is 20.7 Å². The van der Waals surface area contributed by atoms with E-state index in [4.69, 9.17) is 21.1 Å². The van der Waals surface area contributed by atoms with Gasteiger partial charge in [0.2, 0.25) is 11.8 Å². The monoisotopic (exact) mass is 498 g/mol. The highest BCUT2D eigenvalue weighted by molar-refractivity contribution is 6.30. The number of amides is 1. The standard InChI is InChI=1S/C24H23ClN4O6/c1-4-20(30)29-18(16-11-15(34-2)8-9-19(16)35-3)12-17(27-29)21-22(31)26-24(33)28(23(21)32)14-7-5-6-13(25)10-14/h5-11,18,32H,4,12H2,1-3H3,(H,26,31,33). The van der Waals surface area contributed by atoms with Gasteiger partial charge in [-0.05, 0) is 36.4 Å². The lowest BCUT2D eigenvalue weighted by molar-refractivity contribution is -0.132. The predicted octanol–water partition coefficient (Wildman–Crippen LogP) is 2.99. The molecule has 1 aliphatic rings. The van der Waals surface area contributed by atoms with Crippen LogP contribution >= 0.6 is 11.6 Å². The molecular weight excluding hydrogens is 476 g/mol. The fraction of sp³-hybridized carbons (Fsp3) is 0.250. The zero-order chi connectivity index (χ0) is 25.3. The SMILES string of the molecule is CCC(=O)N1N=C(c2c(O)n(-c3cccc(Cl)c3)c(=O)[nH]c2=O)CC1c1cc(OC)ccc1OC. The number of ether oxygens (including phenoxy) is 2. The molecule has 182 valence electrons. The molecule has 4 rings (SSSR count). The number of hydrazone groups is 1. The van der Waals surface area contributed by atoms with E-state index in [9.17, 15) is 19.5 Å². The molecule has 2 N–H and O–H groups in total. The highest BCUT2D eigenvalue weighted by Crippen LogP contribution is 2.40. The lowest BCUT2D eigenvalue weighted by Crippen LogP contribution is -2.33. The molecule has 2 heterocycles. The predicted molar refractivity (Wildman–Crippen MR) is 130 cm³/mol. The highest BCUT2D eigenvalue weighted by atomic mass is 35.5. The van der Waals surface area contributed by atoms with Gasteiger partial charge in [0, 0.05) is 23.4 Å². The van der Waals surface area contributed by atoms with Crippen molar-refractivity contribution >= 4 is 23.2 Å². The average Bonchev–Trinajstić information content (AvgIpc) is 3.27. The average molecular weight is 499 g/mol. The van der Waals surface area contributed by atoms with Crippen molar-refractivity contribution in [2.24, 2.45) is 5.10 Å². The number of hydrogen-bond acceptors (Lipinski definition) is 7. The van der Waals surface area contributed by atoms with Crippen molar-refractivity contribution in [1.82, 2.24) is 14.6 Å². The van der Waals surface area contributed by atoms with Crippen LogP contribution in [-0.2, 0) is 4.79 Å². The van der Waals surface area contributed by atoms with Crippen molar-refractivity contribution in [3.05, 3.63) is 79.5 Å². The Morgan fingerprint density at radius 3 is 2.63 bits per heavy atom. The number of aromatic amines is 1. The minimum Gasteiger partial charge on any atom is -0.497 e. The molecule has 0 saturated carbocycles. The van der Waals surface area contributed by atoms with Gasteiger partial charge in [-0.3, -0.25) is 14.6 Å². The molecule has 1 amide bonds. The Hall–Kier alpha value is -4.05. The molecule has 10 nitrogen and oxygen atoms in total. The van der Waals surface area contributed by atoms with E-state index in [2.05, 4.69) is 10.1 Å². The molecule has 0 aliphatic carbocycles. The van der Waals surface area contributed by atoms with E-state index < -0.39 is 23.2 Å². The molecule has 1 atom stereocenters. The molecule has 0 radical (unpaired) electrons. The number of rotatable bonds is 6. The van der Waals surface area contributed by atoms with Gasteiger partial charge in [-0.15, -0.1) is 0 Å². The second-order valence-electron chi connectivity index (χ2n) is 7.74. The minimum atomic E-state index is -0.843. The molecule has 0 bridgehead atoms. The smallest absolute Gasteiger partial charge is 0.335 e. The summed E-state index contributed by atoms with van der Waals surface area (Å²) in [5.41, 5.74) is -0.884. The number of halogens is 1. The van der Waals surface area contributed by atoms with Crippen LogP contribution in [0, 0.1) is 0 Å². The Morgan fingerprint density at radius 2 is 1.97 bits per heavy atom. The van der Waals surface area contributed by atoms with E-state index in [1.807, 2.05) is 0 Å². The first-order valence-electron chi connectivity index (χ1n) is 10.7. The third-order valence-electron chi connectivity index (χ3n) is 5.71. The van der Waals surface area contributed by atoms with Gasteiger partial charge in [0.1, 0.15) is 17.1 Å². The Labute approximate surface area is 205 Å². The summed E-state index contributed by atoms with van der Waals surface area (Å²) in [6.07, 6.45) is 0.240. The van der Waals surface area contributed by atoms with Crippen molar-refractivity contribution in [2.45, 2.75) is 25.8 Å². The van der Waals surface area contributed by atoms with Crippen LogP contribution in [0.3, 0.4) is 0 Å². The molecule has 0 spiro atoms. The lowest BCUT2D eigenvalue weighted by Gasteiger charge is -2.23. The lowest BCUT2D eigenvalue weighted by atomic mass is 9.98. The summed E-state index contributed by atoms with van der Waals surface area (Å²) in [7, 11) is 3.03. The van der Waals surface area contributed by atoms with Gasteiger partial charge in [0.25, 0.3) is 5.56 Å². The molecule has 0 saturated heterocycles. The van der Waals surface area contributed by atoms with E-state index in [1.165, 1.54) is 25.3 Å². The van der Waals surface area contributed by atoms with Crippen LogP contribution in [0.1, 0.15) is 36.9 Å². The van der Waals surface area contributed by atoms with Crippen LogP contribution in [0.4, 0.5) is 0 Å². The molecule has 0 fully saturated rings. The molecule has 11 heteroatoms. The highest BCUT2D eigenvalue weighted by Gasteiger charge is 2.37. The largest absolute Gasteiger partial charge is 0.497 e. The zero-order valence-electron chi connectivity index (χ0n) is 19.2. The summed E-state index contributed by atoms with van der Waals surface area (Å²) < 4.78 is 11.8. The van der Waals surface area contributed by atoms with Crippen LogP contribution in [0.15, 0.2) is 57.2 Å². The quantitative estimate of drug-likeness (QED) is 0.538. The number of nitrogens with zero attached hydrogens (tertiary/aromatic N) is 3. The zero-order valence-corrected chi connectivity index (χ0v) is 20.0. The van der Waals surface area contributed by atoms with E-state index in [0.29, 0.717) is 22.1 Å². The first kappa shape index (κ1) is 24.1. The number of aromatic hydroxyl groups is 1. The topological polar surface area (TPSA) is 126 Å². The normalized spacial score (nSPS) is 15.1.